The lowest BCUT2D eigenvalue weighted by atomic mass is 10.1. The van der Waals surface area contributed by atoms with Crippen LogP contribution in [0.3, 0.4) is 0 Å². The van der Waals surface area contributed by atoms with E-state index in [9.17, 15) is 0 Å². The third-order valence-corrected chi connectivity index (χ3v) is 4.30. The number of nitrogens with zero attached hydrogens (tertiary/aromatic N) is 2. The molecule has 1 heterocycles. The van der Waals surface area contributed by atoms with Crippen molar-refractivity contribution in [3.05, 3.63) is 64.4 Å². The summed E-state index contributed by atoms with van der Waals surface area (Å²) in [6.45, 7) is 0.608. The Morgan fingerprint density at radius 3 is 2.76 bits per heavy atom. The highest BCUT2D eigenvalue weighted by molar-refractivity contribution is 6.42. The summed E-state index contributed by atoms with van der Waals surface area (Å²) < 4.78 is 2.04. The quantitative estimate of drug-likeness (QED) is 0.571. The first-order valence-corrected chi connectivity index (χ1v) is 7.26. The van der Waals surface area contributed by atoms with E-state index in [-0.39, 0.29) is 6.04 Å². The van der Waals surface area contributed by atoms with Crippen LogP contribution in [0.2, 0.25) is 10.0 Å². The van der Waals surface area contributed by atoms with E-state index in [0.717, 1.165) is 16.6 Å². The zero-order valence-electron chi connectivity index (χ0n) is 11.1. The van der Waals surface area contributed by atoms with Gasteiger partial charge in [-0.25, -0.2) is 4.98 Å². The number of benzene rings is 2. The molecule has 3 rings (SSSR count). The summed E-state index contributed by atoms with van der Waals surface area (Å²) >= 11 is 12.3. The standard InChI is InChI=1S/C15H14Cl2N4/c16-11-5-3-4-10(15(11)17)13(20-18)8-21-9-19-12-6-1-2-7-14(12)21/h1-7,9,13,20H,8,18H2. The van der Waals surface area contributed by atoms with Gasteiger partial charge in [0.25, 0.3) is 0 Å². The largest absolute Gasteiger partial charge is 0.329 e. The van der Waals surface area contributed by atoms with Crippen molar-refractivity contribution < 1.29 is 0 Å². The van der Waals surface area contributed by atoms with Crippen molar-refractivity contribution >= 4 is 34.2 Å². The zero-order valence-corrected chi connectivity index (χ0v) is 12.6. The molecule has 21 heavy (non-hydrogen) atoms. The van der Waals surface area contributed by atoms with Crippen LogP contribution in [-0.2, 0) is 6.54 Å². The number of hydrogen-bond donors (Lipinski definition) is 2. The van der Waals surface area contributed by atoms with Crippen molar-refractivity contribution in [2.75, 3.05) is 0 Å². The van der Waals surface area contributed by atoms with E-state index in [4.69, 9.17) is 29.0 Å². The minimum absolute atomic E-state index is 0.159. The first-order valence-electron chi connectivity index (χ1n) is 6.50. The summed E-state index contributed by atoms with van der Waals surface area (Å²) in [4.78, 5) is 4.37. The summed E-state index contributed by atoms with van der Waals surface area (Å²) in [5, 5.41) is 1.04. The molecule has 0 amide bonds. The molecule has 0 aliphatic carbocycles. The maximum Gasteiger partial charge on any atom is 0.0958 e. The van der Waals surface area contributed by atoms with E-state index < -0.39 is 0 Å². The molecule has 6 heteroatoms. The Hall–Kier alpha value is -1.59. The number of aromatic nitrogens is 2. The molecule has 0 radical (unpaired) electrons. The molecule has 0 bridgehead atoms. The van der Waals surface area contributed by atoms with Crippen LogP contribution in [0.15, 0.2) is 48.8 Å². The molecular weight excluding hydrogens is 307 g/mol. The first-order chi connectivity index (χ1) is 10.2. The average Bonchev–Trinajstić information content (AvgIpc) is 2.91. The van der Waals surface area contributed by atoms with Crippen LogP contribution in [0.25, 0.3) is 11.0 Å². The maximum absolute atomic E-state index is 6.27. The molecule has 1 aromatic heterocycles. The second kappa shape index (κ2) is 6.03. The van der Waals surface area contributed by atoms with Gasteiger partial charge < -0.3 is 4.57 Å². The number of imidazole rings is 1. The van der Waals surface area contributed by atoms with E-state index in [1.54, 1.807) is 12.4 Å². The highest BCUT2D eigenvalue weighted by atomic mass is 35.5. The molecule has 1 atom stereocenters. The first kappa shape index (κ1) is 14.4. The number of para-hydroxylation sites is 2. The number of hydrogen-bond acceptors (Lipinski definition) is 3. The topological polar surface area (TPSA) is 55.9 Å². The second-order valence-corrected chi connectivity index (χ2v) is 5.53. The lowest BCUT2D eigenvalue weighted by molar-refractivity contribution is 0.481. The van der Waals surface area contributed by atoms with Crippen molar-refractivity contribution in [2.24, 2.45) is 5.84 Å². The Morgan fingerprint density at radius 2 is 1.95 bits per heavy atom. The van der Waals surface area contributed by atoms with E-state index in [0.29, 0.717) is 16.6 Å². The Kier molecular flexibility index (Phi) is 4.12. The Morgan fingerprint density at radius 1 is 1.14 bits per heavy atom. The molecule has 108 valence electrons. The van der Waals surface area contributed by atoms with Crippen molar-refractivity contribution in [2.45, 2.75) is 12.6 Å². The maximum atomic E-state index is 6.27. The third-order valence-electron chi connectivity index (χ3n) is 3.46. The molecule has 3 aromatic rings. The van der Waals surface area contributed by atoms with Crippen LogP contribution >= 0.6 is 23.2 Å². The van der Waals surface area contributed by atoms with Gasteiger partial charge >= 0.3 is 0 Å². The van der Waals surface area contributed by atoms with Crippen molar-refractivity contribution in [1.82, 2.24) is 15.0 Å². The normalized spacial score (nSPS) is 12.7. The van der Waals surface area contributed by atoms with Gasteiger partial charge in [-0.3, -0.25) is 11.3 Å². The summed E-state index contributed by atoms with van der Waals surface area (Å²) in [5.74, 6) is 5.70. The Balaban J connectivity index is 1.96. The summed E-state index contributed by atoms with van der Waals surface area (Å²) in [6, 6.07) is 13.3. The second-order valence-electron chi connectivity index (χ2n) is 4.75. The van der Waals surface area contributed by atoms with Crippen LogP contribution in [-0.4, -0.2) is 9.55 Å². The van der Waals surface area contributed by atoms with E-state index in [1.807, 2.05) is 41.0 Å². The van der Waals surface area contributed by atoms with Gasteiger partial charge in [-0.15, -0.1) is 0 Å². The van der Waals surface area contributed by atoms with Crippen molar-refractivity contribution in [1.29, 1.82) is 0 Å². The summed E-state index contributed by atoms with van der Waals surface area (Å²) in [7, 11) is 0. The van der Waals surface area contributed by atoms with Crippen LogP contribution in [0.4, 0.5) is 0 Å². The third kappa shape index (κ3) is 2.76. The fourth-order valence-electron chi connectivity index (χ4n) is 2.38. The predicted octanol–water partition coefficient (Wildman–Crippen LogP) is 3.55. The van der Waals surface area contributed by atoms with Gasteiger partial charge in [0.1, 0.15) is 0 Å². The number of nitrogens with two attached hydrogens (primary N) is 1. The van der Waals surface area contributed by atoms with Crippen LogP contribution in [0, 0.1) is 0 Å². The molecule has 0 aliphatic heterocycles. The fraction of sp³-hybridized carbons (Fsp3) is 0.133. The van der Waals surface area contributed by atoms with Crippen molar-refractivity contribution in [3.63, 3.8) is 0 Å². The Labute approximate surface area is 132 Å². The van der Waals surface area contributed by atoms with Crippen LogP contribution < -0.4 is 11.3 Å². The molecule has 4 nitrogen and oxygen atoms in total. The molecule has 0 aliphatic rings. The monoisotopic (exact) mass is 320 g/mol. The van der Waals surface area contributed by atoms with Crippen LogP contribution in [0.5, 0.6) is 0 Å². The minimum atomic E-state index is -0.159. The number of halogens is 2. The number of fused-ring (bicyclic) bond motifs is 1. The molecule has 3 N–H and O–H groups in total. The van der Waals surface area contributed by atoms with Gasteiger partial charge in [-0.2, -0.15) is 0 Å². The van der Waals surface area contributed by atoms with Crippen LogP contribution in [0.1, 0.15) is 11.6 Å². The predicted molar refractivity (Wildman–Crippen MR) is 86.3 cm³/mol. The molecule has 0 fully saturated rings. The van der Waals surface area contributed by atoms with E-state index >= 15 is 0 Å². The molecule has 0 saturated carbocycles. The highest BCUT2D eigenvalue weighted by Crippen LogP contribution is 2.30. The number of hydrazine groups is 1. The number of nitrogens with one attached hydrogen (secondary N) is 1. The molecular formula is C15H14Cl2N4. The molecule has 1 unspecified atom stereocenters. The number of rotatable bonds is 4. The molecule has 0 saturated heterocycles. The van der Waals surface area contributed by atoms with Gasteiger partial charge in [-0.1, -0.05) is 47.5 Å². The Bertz CT molecular complexity index is 769. The summed E-state index contributed by atoms with van der Waals surface area (Å²) in [6.07, 6.45) is 1.80. The zero-order chi connectivity index (χ0) is 14.8. The smallest absolute Gasteiger partial charge is 0.0958 e. The van der Waals surface area contributed by atoms with Gasteiger partial charge in [0.15, 0.2) is 0 Å². The minimum Gasteiger partial charge on any atom is -0.329 e. The fourth-order valence-corrected chi connectivity index (χ4v) is 2.82. The SMILES string of the molecule is NNC(Cn1cnc2ccccc21)c1cccc(Cl)c1Cl. The van der Waals surface area contributed by atoms with E-state index in [2.05, 4.69) is 10.4 Å². The molecule has 0 spiro atoms. The summed E-state index contributed by atoms with van der Waals surface area (Å²) in [5.41, 5.74) is 5.66. The van der Waals surface area contributed by atoms with Gasteiger partial charge in [0.05, 0.1) is 33.4 Å². The lowest BCUT2D eigenvalue weighted by Crippen LogP contribution is -2.31. The van der Waals surface area contributed by atoms with Crippen molar-refractivity contribution in [3.8, 4) is 0 Å². The lowest BCUT2D eigenvalue weighted by Gasteiger charge is -2.19. The average molecular weight is 321 g/mol. The van der Waals surface area contributed by atoms with Gasteiger partial charge in [-0.05, 0) is 23.8 Å². The molecule has 2 aromatic carbocycles. The van der Waals surface area contributed by atoms with Gasteiger partial charge in [0, 0.05) is 6.54 Å². The highest BCUT2D eigenvalue weighted by Gasteiger charge is 2.16. The van der Waals surface area contributed by atoms with Gasteiger partial charge in [0.2, 0.25) is 0 Å². The van der Waals surface area contributed by atoms with E-state index in [1.165, 1.54) is 0 Å².